The number of aromatic nitrogens is 1. The van der Waals surface area contributed by atoms with Crippen molar-refractivity contribution >= 4 is 33.3 Å². The molecule has 3 aromatic carbocycles. The van der Waals surface area contributed by atoms with Crippen LogP contribution in [0.1, 0.15) is 62.8 Å². The van der Waals surface area contributed by atoms with Gasteiger partial charge in [0.05, 0.1) is 10.9 Å². The summed E-state index contributed by atoms with van der Waals surface area (Å²) < 4.78 is 2.34. The minimum atomic E-state index is 0.217. The highest BCUT2D eigenvalue weighted by Gasteiger charge is 2.33. The summed E-state index contributed by atoms with van der Waals surface area (Å²) in [6, 6.07) is 14.1. The van der Waals surface area contributed by atoms with Crippen LogP contribution < -0.4 is 4.57 Å². The van der Waals surface area contributed by atoms with Gasteiger partial charge in [0, 0.05) is 15.9 Å². The summed E-state index contributed by atoms with van der Waals surface area (Å²) in [5, 5.41) is 5.60. The quantitative estimate of drug-likeness (QED) is 0.250. The van der Waals surface area contributed by atoms with Crippen molar-refractivity contribution < 1.29 is 4.57 Å². The van der Waals surface area contributed by atoms with E-state index in [0.717, 1.165) is 6.42 Å². The molecule has 2 heterocycles. The fraction of sp³-hybridized carbons (Fsp3) is 0.367. The Labute approximate surface area is 196 Å². The molecule has 0 saturated carbocycles. The van der Waals surface area contributed by atoms with Gasteiger partial charge in [-0.3, -0.25) is 0 Å². The molecule has 1 aromatic heterocycles. The average molecular weight is 441 g/mol. The van der Waals surface area contributed by atoms with E-state index in [1.165, 1.54) is 64.8 Å². The molecule has 4 aromatic rings. The molecule has 0 fully saturated rings. The lowest BCUT2D eigenvalue weighted by atomic mass is 9.82. The van der Waals surface area contributed by atoms with E-state index in [1.54, 1.807) is 0 Å². The standard InChI is InChI=1S/C30H34NS/c1-17(2)21-14-20-11-12-31(8)28-26-19(4)22-10-9-18(3)13-23(22)24(16-30(5,6)7)29(26)32-25(15-21)27(20)28/h9-15,17H,16H2,1-8H3/q+1. The number of aryl methyl sites for hydroxylation is 3. The number of nitrogens with zero attached hydrogens (tertiary/aromatic N) is 1. The largest absolute Gasteiger partial charge is 0.222 e. The molecular formula is C30H34NS+. The first-order valence-corrected chi connectivity index (χ1v) is 12.6. The lowest BCUT2D eigenvalue weighted by molar-refractivity contribution is -0.659. The lowest BCUT2D eigenvalue weighted by Gasteiger charge is -2.28. The molecule has 2 heteroatoms. The fourth-order valence-electron chi connectivity index (χ4n) is 5.23. The van der Waals surface area contributed by atoms with Gasteiger partial charge in [-0.25, -0.2) is 4.57 Å². The molecule has 164 valence electrons. The van der Waals surface area contributed by atoms with Crippen molar-refractivity contribution in [2.24, 2.45) is 12.5 Å². The minimum Gasteiger partial charge on any atom is -0.200 e. The van der Waals surface area contributed by atoms with E-state index >= 15 is 0 Å². The van der Waals surface area contributed by atoms with Crippen molar-refractivity contribution in [2.75, 3.05) is 0 Å². The zero-order valence-electron chi connectivity index (χ0n) is 20.7. The van der Waals surface area contributed by atoms with Gasteiger partial charge in [0.15, 0.2) is 6.20 Å². The van der Waals surface area contributed by atoms with Crippen molar-refractivity contribution in [1.29, 1.82) is 0 Å². The summed E-state index contributed by atoms with van der Waals surface area (Å²) in [5.41, 5.74) is 8.70. The molecule has 0 aliphatic carbocycles. The number of rotatable bonds is 2. The third kappa shape index (κ3) is 3.35. The Bertz CT molecular complexity index is 1400. The fourth-order valence-corrected chi connectivity index (χ4v) is 6.62. The Morgan fingerprint density at radius 3 is 2.41 bits per heavy atom. The molecule has 0 radical (unpaired) electrons. The Balaban J connectivity index is 1.96. The molecule has 0 bridgehead atoms. The first-order valence-electron chi connectivity index (χ1n) is 11.8. The molecule has 1 aliphatic rings. The summed E-state index contributed by atoms with van der Waals surface area (Å²) in [6.45, 7) is 16.2. The van der Waals surface area contributed by atoms with E-state index in [4.69, 9.17) is 0 Å². The summed E-state index contributed by atoms with van der Waals surface area (Å²) >= 11 is 2.00. The second-order valence-corrected chi connectivity index (χ2v) is 12.2. The first kappa shape index (κ1) is 21.5. The van der Waals surface area contributed by atoms with Crippen LogP contribution in [-0.4, -0.2) is 0 Å². The summed E-state index contributed by atoms with van der Waals surface area (Å²) in [4.78, 5) is 2.87. The molecule has 0 unspecified atom stereocenters. The van der Waals surface area contributed by atoms with Gasteiger partial charge >= 0.3 is 0 Å². The van der Waals surface area contributed by atoms with Gasteiger partial charge in [0.2, 0.25) is 5.69 Å². The summed E-state index contributed by atoms with van der Waals surface area (Å²) in [6.07, 6.45) is 3.31. The lowest BCUT2D eigenvalue weighted by Crippen LogP contribution is -2.32. The molecular weight excluding hydrogens is 406 g/mol. The molecule has 0 saturated heterocycles. The number of benzene rings is 3. The monoisotopic (exact) mass is 440 g/mol. The number of fused-ring (bicyclic) bond motifs is 3. The van der Waals surface area contributed by atoms with Crippen LogP contribution in [0.3, 0.4) is 0 Å². The summed E-state index contributed by atoms with van der Waals surface area (Å²) in [5.74, 6) is 0.519. The zero-order chi connectivity index (χ0) is 22.9. The van der Waals surface area contributed by atoms with Crippen LogP contribution in [0.25, 0.3) is 32.8 Å². The minimum absolute atomic E-state index is 0.217. The van der Waals surface area contributed by atoms with Crippen LogP contribution >= 0.6 is 11.8 Å². The van der Waals surface area contributed by atoms with E-state index in [2.05, 4.69) is 103 Å². The van der Waals surface area contributed by atoms with Crippen LogP contribution in [0.4, 0.5) is 0 Å². The molecule has 5 rings (SSSR count). The van der Waals surface area contributed by atoms with Crippen LogP contribution in [0.5, 0.6) is 0 Å². The van der Waals surface area contributed by atoms with Crippen LogP contribution in [0.15, 0.2) is 52.4 Å². The average Bonchev–Trinajstić information content (AvgIpc) is 2.71. The Kier molecular flexibility index (Phi) is 4.94. The van der Waals surface area contributed by atoms with Gasteiger partial charge < -0.3 is 0 Å². The highest BCUT2D eigenvalue weighted by Crippen LogP contribution is 2.52. The van der Waals surface area contributed by atoms with E-state index in [1.807, 2.05) is 11.8 Å². The number of hydrogen-bond acceptors (Lipinski definition) is 1. The second kappa shape index (κ2) is 7.35. The van der Waals surface area contributed by atoms with Crippen molar-refractivity contribution in [1.82, 2.24) is 0 Å². The van der Waals surface area contributed by atoms with Crippen LogP contribution in [0, 0.1) is 19.3 Å². The van der Waals surface area contributed by atoms with Crippen molar-refractivity contribution in [3.05, 3.63) is 64.8 Å². The Morgan fingerprint density at radius 2 is 1.72 bits per heavy atom. The normalized spacial score (nSPS) is 13.3. The zero-order valence-corrected chi connectivity index (χ0v) is 21.5. The molecule has 0 amide bonds. The van der Waals surface area contributed by atoms with E-state index in [-0.39, 0.29) is 5.41 Å². The number of pyridine rings is 1. The molecule has 1 aliphatic heterocycles. The highest BCUT2D eigenvalue weighted by molar-refractivity contribution is 7.99. The van der Waals surface area contributed by atoms with Gasteiger partial charge in [-0.1, -0.05) is 76.2 Å². The van der Waals surface area contributed by atoms with Crippen molar-refractivity contribution in [3.8, 4) is 11.3 Å². The maximum absolute atomic E-state index is 2.45. The Morgan fingerprint density at radius 1 is 0.969 bits per heavy atom. The van der Waals surface area contributed by atoms with E-state index in [9.17, 15) is 0 Å². The van der Waals surface area contributed by atoms with Gasteiger partial charge in [-0.15, -0.1) is 0 Å². The maximum Gasteiger partial charge on any atom is 0.222 e. The molecule has 32 heavy (non-hydrogen) atoms. The molecule has 0 N–H and O–H groups in total. The van der Waals surface area contributed by atoms with E-state index < -0.39 is 0 Å². The second-order valence-electron chi connectivity index (χ2n) is 11.1. The highest BCUT2D eigenvalue weighted by atomic mass is 32.2. The summed E-state index contributed by atoms with van der Waals surface area (Å²) in [7, 11) is 2.21. The molecule has 0 atom stereocenters. The van der Waals surface area contributed by atoms with E-state index in [0.29, 0.717) is 5.92 Å². The third-order valence-electron chi connectivity index (χ3n) is 6.83. The molecule has 1 nitrogen and oxygen atoms in total. The van der Waals surface area contributed by atoms with Gasteiger partial charge in [-0.2, -0.15) is 0 Å². The smallest absolute Gasteiger partial charge is 0.200 e. The third-order valence-corrected chi connectivity index (χ3v) is 8.02. The van der Waals surface area contributed by atoms with Crippen molar-refractivity contribution in [2.45, 2.75) is 70.6 Å². The topological polar surface area (TPSA) is 3.88 Å². The molecule has 0 spiro atoms. The van der Waals surface area contributed by atoms with Gasteiger partial charge in [0.25, 0.3) is 0 Å². The van der Waals surface area contributed by atoms with Crippen LogP contribution in [-0.2, 0) is 13.5 Å². The predicted octanol–water partition coefficient (Wildman–Crippen LogP) is 8.28. The first-order chi connectivity index (χ1) is 15.0. The van der Waals surface area contributed by atoms with Crippen LogP contribution in [0.2, 0.25) is 0 Å². The SMILES string of the molecule is Cc1ccc2c(C)c3c(c(CC(C)(C)C)c2c1)Sc1cc(C(C)C)cc2cc[n+](C)c-3c12. The number of hydrogen-bond donors (Lipinski definition) is 0. The van der Waals surface area contributed by atoms with Gasteiger partial charge in [-0.05, 0) is 70.5 Å². The van der Waals surface area contributed by atoms with Gasteiger partial charge in [0.1, 0.15) is 7.05 Å². The predicted molar refractivity (Wildman–Crippen MR) is 139 cm³/mol. The Hall–Kier alpha value is -2.32. The maximum atomic E-state index is 2.45. The van der Waals surface area contributed by atoms with Crippen molar-refractivity contribution in [3.63, 3.8) is 0 Å².